The average Bonchev–Trinajstić information content (AvgIpc) is 2.92. The summed E-state index contributed by atoms with van der Waals surface area (Å²) in [5, 5.41) is 16.9. The summed E-state index contributed by atoms with van der Waals surface area (Å²) in [5.74, 6) is -0.822. The van der Waals surface area contributed by atoms with Crippen LogP contribution in [-0.2, 0) is 16.1 Å². The highest BCUT2D eigenvalue weighted by Gasteiger charge is 2.31. The van der Waals surface area contributed by atoms with Gasteiger partial charge in [-0.15, -0.1) is 5.10 Å². The molecule has 0 aromatic carbocycles. The summed E-state index contributed by atoms with van der Waals surface area (Å²) in [6, 6.07) is 0. The lowest BCUT2D eigenvalue weighted by Gasteiger charge is -2.15. The van der Waals surface area contributed by atoms with Crippen LogP contribution in [0.1, 0.15) is 30.9 Å². The molecule has 3 rings (SSSR count). The maximum atomic E-state index is 12.0. The first-order valence-corrected chi connectivity index (χ1v) is 6.54. The van der Waals surface area contributed by atoms with Gasteiger partial charge in [-0.2, -0.15) is 0 Å². The Hall–Kier alpha value is -1.92. The standard InChI is InChI=1S/C12H16N4O3/c17-11(15-4-3-9(5-15)12(18)19)7-16-6-10(13-14-16)8-1-2-8/h6,8-9H,1-5,7H2,(H,18,19). The van der Waals surface area contributed by atoms with E-state index in [0.717, 1.165) is 18.5 Å². The molecule has 1 amide bonds. The molecule has 1 N–H and O–H groups in total. The Labute approximate surface area is 110 Å². The van der Waals surface area contributed by atoms with Gasteiger partial charge < -0.3 is 10.0 Å². The van der Waals surface area contributed by atoms with E-state index in [9.17, 15) is 9.59 Å². The average molecular weight is 264 g/mol. The van der Waals surface area contributed by atoms with E-state index in [-0.39, 0.29) is 12.5 Å². The van der Waals surface area contributed by atoms with Gasteiger partial charge in [0.1, 0.15) is 6.54 Å². The van der Waals surface area contributed by atoms with Crippen molar-refractivity contribution in [2.24, 2.45) is 5.92 Å². The van der Waals surface area contributed by atoms with Gasteiger partial charge in [-0.25, -0.2) is 4.68 Å². The Kier molecular flexibility index (Phi) is 2.96. The van der Waals surface area contributed by atoms with E-state index in [1.165, 1.54) is 0 Å². The van der Waals surface area contributed by atoms with E-state index < -0.39 is 11.9 Å². The number of nitrogens with zero attached hydrogens (tertiary/aromatic N) is 4. The SMILES string of the molecule is O=C(O)C1CCN(C(=O)Cn2cc(C3CC3)nn2)C1. The molecule has 1 atom stereocenters. The van der Waals surface area contributed by atoms with Gasteiger partial charge in [0.15, 0.2) is 0 Å². The molecule has 1 aliphatic heterocycles. The number of carbonyl (C=O) groups is 2. The lowest BCUT2D eigenvalue weighted by Crippen LogP contribution is -2.33. The third-order valence-electron chi connectivity index (χ3n) is 3.74. The molecule has 1 unspecified atom stereocenters. The zero-order chi connectivity index (χ0) is 13.4. The number of hydrogen-bond donors (Lipinski definition) is 1. The van der Waals surface area contributed by atoms with Crippen LogP contribution in [0.15, 0.2) is 6.20 Å². The molecule has 0 spiro atoms. The molecule has 1 aliphatic carbocycles. The topological polar surface area (TPSA) is 88.3 Å². The van der Waals surface area contributed by atoms with Crippen LogP contribution in [0.5, 0.6) is 0 Å². The van der Waals surface area contributed by atoms with Crippen molar-refractivity contribution in [1.82, 2.24) is 19.9 Å². The van der Waals surface area contributed by atoms with Crippen LogP contribution in [0, 0.1) is 5.92 Å². The van der Waals surface area contributed by atoms with Gasteiger partial charge in [0.05, 0.1) is 11.6 Å². The molecule has 1 saturated carbocycles. The zero-order valence-corrected chi connectivity index (χ0v) is 10.5. The van der Waals surface area contributed by atoms with E-state index in [1.54, 1.807) is 9.58 Å². The largest absolute Gasteiger partial charge is 0.481 e. The highest BCUT2D eigenvalue weighted by molar-refractivity contribution is 5.78. The van der Waals surface area contributed by atoms with Crippen LogP contribution in [0.3, 0.4) is 0 Å². The van der Waals surface area contributed by atoms with E-state index in [2.05, 4.69) is 10.3 Å². The second kappa shape index (κ2) is 4.64. The molecule has 7 heteroatoms. The van der Waals surface area contributed by atoms with Crippen LogP contribution in [0.25, 0.3) is 0 Å². The van der Waals surface area contributed by atoms with E-state index >= 15 is 0 Å². The van der Waals surface area contributed by atoms with Crippen molar-refractivity contribution in [3.63, 3.8) is 0 Å². The van der Waals surface area contributed by atoms with Gasteiger partial charge in [0.2, 0.25) is 5.91 Å². The Morgan fingerprint density at radius 2 is 2.16 bits per heavy atom. The second-order valence-electron chi connectivity index (χ2n) is 5.28. The summed E-state index contributed by atoms with van der Waals surface area (Å²) in [4.78, 5) is 24.5. The van der Waals surface area contributed by atoms with Gasteiger partial charge in [-0.3, -0.25) is 9.59 Å². The molecule has 102 valence electrons. The molecule has 1 saturated heterocycles. The minimum atomic E-state index is -0.827. The van der Waals surface area contributed by atoms with Gasteiger partial charge in [-0.05, 0) is 19.3 Å². The minimum Gasteiger partial charge on any atom is -0.481 e. The van der Waals surface area contributed by atoms with Crippen LogP contribution < -0.4 is 0 Å². The summed E-state index contributed by atoms with van der Waals surface area (Å²) >= 11 is 0. The molecule has 2 aliphatic rings. The lowest BCUT2D eigenvalue weighted by molar-refractivity contribution is -0.141. The van der Waals surface area contributed by atoms with E-state index in [1.807, 2.05) is 6.20 Å². The Bertz CT molecular complexity index is 509. The number of hydrogen-bond acceptors (Lipinski definition) is 4. The molecule has 2 heterocycles. The summed E-state index contributed by atoms with van der Waals surface area (Å²) in [6.45, 7) is 0.963. The normalized spacial score (nSPS) is 22.7. The number of amides is 1. The smallest absolute Gasteiger partial charge is 0.308 e. The summed E-state index contributed by atoms with van der Waals surface area (Å²) in [7, 11) is 0. The van der Waals surface area contributed by atoms with Gasteiger partial charge >= 0.3 is 5.97 Å². The van der Waals surface area contributed by atoms with Crippen molar-refractivity contribution in [3.8, 4) is 0 Å². The Morgan fingerprint density at radius 3 is 2.79 bits per heavy atom. The number of carboxylic acid groups (broad SMARTS) is 1. The van der Waals surface area contributed by atoms with Crippen molar-refractivity contribution in [3.05, 3.63) is 11.9 Å². The third kappa shape index (κ3) is 2.59. The summed E-state index contributed by atoms with van der Waals surface area (Å²) in [5.41, 5.74) is 0.956. The van der Waals surface area contributed by atoms with Crippen LogP contribution in [-0.4, -0.2) is 50.0 Å². The summed E-state index contributed by atoms with van der Waals surface area (Å²) in [6.07, 6.45) is 4.66. The molecule has 0 radical (unpaired) electrons. The molecule has 0 bridgehead atoms. The van der Waals surface area contributed by atoms with E-state index in [0.29, 0.717) is 25.4 Å². The predicted molar refractivity (Wildman–Crippen MR) is 64.3 cm³/mol. The fourth-order valence-electron chi connectivity index (χ4n) is 2.38. The number of carbonyl (C=O) groups excluding carboxylic acids is 1. The Balaban J connectivity index is 1.57. The molecule has 1 aromatic heterocycles. The van der Waals surface area contributed by atoms with E-state index in [4.69, 9.17) is 5.11 Å². The molecule has 1 aromatic rings. The minimum absolute atomic E-state index is 0.0870. The van der Waals surface area contributed by atoms with Gasteiger partial charge in [0.25, 0.3) is 0 Å². The first-order valence-electron chi connectivity index (χ1n) is 6.54. The van der Waals surface area contributed by atoms with Crippen molar-refractivity contribution >= 4 is 11.9 Å². The summed E-state index contributed by atoms with van der Waals surface area (Å²) < 4.78 is 1.55. The highest BCUT2D eigenvalue weighted by atomic mass is 16.4. The number of carboxylic acids is 1. The van der Waals surface area contributed by atoms with Crippen molar-refractivity contribution in [2.75, 3.05) is 13.1 Å². The fourth-order valence-corrected chi connectivity index (χ4v) is 2.38. The maximum absolute atomic E-state index is 12.0. The Morgan fingerprint density at radius 1 is 1.37 bits per heavy atom. The fraction of sp³-hybridized carbons (Fsp3) is 0.667. The van der Waals surface area contributed by atoms with Crippen LogP contribution in [0.2, 0.25) is 0 Å². The number of rotatable bonds is 4. The zero-order valence-electron chi connectivity index (χ0n) is 10.5. The predicted octanol–water partition coefficient (Wildman–Crippen LogP) is 0.0886. The monoisotopic (exact) mass is 264 g/mol. The van der Waals surface area contributed by atoms with Crippen LogP contribution in [0.4, 0.5) is 0 Å². The molecule has 19 heavy (non-hydrogen) atoms. The third-order valence-corrected chi connectivity index (χ3v) is 3.74. The molecular weight excluding hydrogens is 248 g/mol. The number of aromatic nitrogens is 3. The van der Waals surface area contributed by atoms with Crippen LogP contribution >= 0.6 is 0 Å². The number of aliphatic carboxylic acids is 1. The van der Waals surface area contributed by atoms with Gasteiger partial charge in [0, 0.05) is 25.2 Å². The molecular formula is C12H16N4O3. The lowest BCUT2D eigenvalue weighted by atomic mass is 10.1. The molecule has 2 fully saturated rings. The van der Waals surface area contributed by atoms with Crippen molar-refractivity contribution in [1.29, 1.82) is 0 Å². The van der Waals surface area contributed by atoms with Gasteiger partial charge in [-0.1, -0.05) is 5.21 Å². The van der Waals surface area contributed by atoms with Crippen molar-refractivity contribution < 1.29 is 14.7 Å². The molecule has 7 nitrogen and oxygen atoms in total. The number of likely N-dealkylation sites (tertiary alicyclic amines) is 1. The second-order valence-corrected chi connectivity index (χ2v) is 5.28. The first-order chi connectivity index (χ1) is 9.13. The maximum Gasteiger partial charge on any atom is 0.308 e. The quantitative estimate of drug-likeness (QED) is 0.832. The van der Waals surface area contributed by atoms with Crippen molar-refractivity contribution in [2.45, 2.75) is 31.7 Å². The first kappa shape index (κ1) is 12.1. The highest BCUT2D eigenvalue weighted by Crippen LogP contribution is 2.38.